The quantitative estimate of drug-likeness (QED) is 0.809. The van der Waals surface area contributed by atoms with E-state index in [1.165, 1.54) is 6.26 Å². The van der Waals surface area contributed by atoms with Crippen LogP contribution in [0.1, 0.15) is 11.1 Å². The molecule has 2 N–H and O–H groups in total. The Morgan fingerprint density at radius 1 is 1.31 bits per heavy atom. The molecule has 90 valence electrons. The highest BCUT2D eigenvalue weighted by Gasteiger charge is 2.08. The summed E-state index contributed by atoms with van der Waals surface area (Å²) in [6.45, 7) is 3.92. The van der Waals surface area contributed by atoms with E-state index in [9.17, 15) is 8.42 Å². The number of sulfone groups is 1. The lowest BCUT2D eigenvalue weighted by Crippen LogP contribution is -2.13. The maximum Gasteiger partial charge on any atom is 0.150 e. The van der Waals surface area contributed by atoms with E-state index in [0.717, 1.165) is 11.1 Å². The van der Waals surface area contributed by atoms with Crippen LogP contribution < -0.4 is 10.5 Å². The van der Waals surface area contributed by atoms with Gasteiger partial charge in [-0.3, -0.25) is 0 Å². The highest BCUT2D eigenvalue weighted by molar-refractivity contribution is 7.90. The molecule has 0 aromatic heterocycles. The second-order valence-electron chi connectivity index (χ2n) is 3.90. The molecule has 0 saturated carbocycles. The van der Waals surface area contributed by atoms with E-state index in [4.69, 9.17) is 10.5 Å². The molecule has 0 fully saturated rings. The van der Waals surface area contributed by atoms with Crippen molar-refractivity contribution in [2.75, 3.05) is 24.3 Å². The summed E-state index contributed by atoms with van der Waals surface area (Å²) in [6, 6.07) is 3.67. The molecular weight excluding hydrogens is 226 g/mol. The molecule has 0 aliphatic heterocycles. The van der Waals surface area contributed by atoms with Crippen LogP contribution in [0.2, 0.25) is 0 Å². The van der Waals surface area contributed by atoms with Crippen molar-refractivity contribution in [2.45, 2.75) is 13.8 Å². The molecule has 1 aromatic rings. The Morgan fingerprint density at radius 3 is 2.50 bits per heavy atom. The normalized spacial score (nSPS) is 11.4. The number of anilines is 1. The van der Waals surface area contributed by atoms with Gasteiger partial charge in [-0.15, -0.1) is 0 Å². The summed E-state index contributed by atoms with van der Waals surface area (Å²) in [7, 11) is -2.99. The van der Waals surface area contributed by atoms with E-state index >= 15 is 0 Å². The highest BCUT2D eigenvalue weighted by atomic mass is 32.2. The number of hydrogen-bond donors (Lipinski definition) is 1. The second-order valence-corrected chi connectivity index (χ2v) is 6.16. The van der Waals surface area contributed by atoms with Crippen molar-refractivity contribution in [3.63, 3.8) is 0 Å². The average molecular weight is 243 g/mol. The lowest BCUT2D eigenvalue weighted by molar-refractivity contribution is 0.336. The Hall–Kier alpha value is -1.23. The van der Waals surface area contributed by atoms with Gasteiger partial charge in [0.05, 0.1) is 5.75 Å². The standard InChI is InChI=1S/C11H17NO3S/c1-8-4-5-10(12)9(2)11(8)15-6-7-16(3,13)14/h4-5H,6-7,12H2,1-3H3. The van der Waals surface area contributed by atoms with E-state index in [0.29, 0.717) is 11.4 Å². The summed E-state index contributed by atoms with van der Waals surface area (Å²) in [4.78, 5) is 0. The number of rotatable bonds is 4. The van der Waals surface area contributed by atoms with Crippen molar-refractivity contribution < 1.29 is 13.2 Å². The van der Waals surface area contributed by atoms with E-state index in [-0.39, 0.29) is 12.4 Å². The maximum atomic E-state index is 11.0. The molecule has 0 unspecified atom stereocenters. The van der Waals surface area contributed by atoms with Crippen LogP contribution in [0.4, 0.5) is 5.69 Å². The van der Waals surface area contributed by atoms with E-state index in [1.807, 2.05) is 26.0 Å². The van der Waals surface area contributed by atoms with Crippen LogP contribution in [0.15, 0.2) is 12.1 Å². The topological polar surface area (TPSA) is 69.4 Å². The van der Waals surface area contributed by atoms with E-state index in [2.05, 4.69) is 0 Å². The molecular formula is C11H17NO3S. The van der Waals surface area contributed by atoms with Gasteiger partial charge in [0.15, 0.2) is 9.84 Å². The molecule has 0 spiro atoms. The first kappa shape index (κ1) is 12.8. The number of benzene rings is 1. The molecule has 16 heavy (non-hydrogen) atoms. The Kier molecular flexibility index (Phi) is 3.80. The fourth-order valence-electron chi connectivity index (χ4n) is 1.36. The summed E-state index contributed by atoms with van der Waals surface area (Å²) >= 11 is 0. The third kappa shape index (κ3) is 3.41. The third-order valence-electron chi connectivity index (χ3n) is 2.35. The highest BCUT2D eigenvalue weighted by Crippen LogP contribution is 2.27. The summed E-state index contributed by atoms with van der Waals surface area (Å²) in [5.74, 6) is 0.698. The maximum absolute atomic E-state index is 11.0. The van der Waals surface area contributed by atoms with Crippen molar-refractivity contribution in [1.29, 1.82) is 0 Å². The van der Waals surface area contributed by atoms with Gasteiger partial charge in [-0.1, -0.05) is 6.07 Å². The molecule has 5 heteroatoms. The van der Waals surface area contributed by atoms with Gasteiger partial charge in [-0.05, 0) is 25.5 Å². The van der Waals surface area contributed by atoms with Crippen molar-refractivity contribution in [3.05, 3.63) is 23.3 Å². The van der Waals surface area contributed by atoms with Crippen LogP contribution in [-0.4, -0.2) is 27.0 Å². The molecule has 0 amide bonds. The minimum atomic E-state index is -2.99. The van der Waals surface area contributed by atoms with Crippen LogP contribution >= 0.6 is 0 Å². The van der Waals surface area contributed by atoms with Gasteiger partial charge in [0.2, 0.25) is 0 Å². The first-order valence-electron chi connectivity index (χ1n) is 4.97. The zero-order chi connectivity index (χ0) is 12.3. The summed E-state index contributed by atoms with van der Waals surface area (Å²) in [6.07, 6.45) is 1.19. The van der Waals surface area contributed by atoms with E-state index in [1.54, 1.807) is 0 Å². The fourth-order valence-corrected chi connectivity index (χ4v) is 1.75. The minimum absolute atomic E-state index is 0.0146. The molecule has 0 heterocycles. The lowest BCUT2D eigenvalue weighted by atomic mass is 10.1. The van der Waals surface area contributed by atoms with Crippen LogP contribution in [0.3, 0.4) is 0 Å². The van der Waals surface area contributed by atoms with Gasteiger partial charge in [-0.2, -0.15) is 0 Å². The molecule has 0 aliphatic carbocycles. The smallest absolute Gasteiger partial charge is 0.150 e. The van der Waals surface area contributed by atoms with Crippen LogP contribution in [-0.2, 0) is 9.84 Å². The van der Waals surface area contributed by atoms with Gasteiger partial charge < -0.3 is 10.5 Å². The first-order chi connectivity index (χ1) is 7.31. The molecule has 0 aliphatic rings. The van der Waals surface area contributed by atoms with Gasteiger partial charge in [0, 0.05) is 17.5 Å². The number of nitrogen functional groups attached to an aromatic ring is 1. The van der Waals surface area contributed by atoms with Gasteiger partial charge in [0.25, 0.3) is 0 Å². The predicted octanol–water partition coefficient (Wildman–Crippen LogP) is 1.31. The second kappa shape index (κ2) is 4.74. The fraction of sp³-hybridized carbons (Fsp3) is 0.455. The monoisotopic (exact) mass is 243 g/mol. The van der Waals surface area contributed by atoms with Crippen molar-refractivity contribution in [3.8, 4) is 5.75 Å². The summed E-state index contributed by atoms with van der Waals surface area (Å²) in [5, 5.41) is 0. The molecule has 0 bridgehead atoms. The molecule has 4 nitrogen and oxygen atoms in total. The van der Waals surface area contributed by atoms with Crippen LogP contribution in [0.5, 0.6) is 5.75 Å². The van der Waals surface area contributed by atoms with Gasteiger partial charge in [-0.25, -0.2) is 8.42 Å². The molecule has 0 atom stereocenters. The number of hydrogen-bond acceptors (Lipinski definition) is 4. The Labute approximate surface area is 96.3 Å². The lowest BCUT2D eigenvalue weighted by Gasteiger charge is -2.13. The predicted molar refractivity (Wildman–Crippen MR) is 65.5 cm³/mol. The zero-order valence-electron chi connectivity index (χ0n) is 9.78. The Morgan fingerprint density at radius 2 is 1.94 bits per heavy atom. The minimum Gasteiger partial charge on any atom is -0.492 e. The Bertz CT molecular complexity index is 480. The zero-order valence-corrected chi connectivity index (χ0v) is 10.6. The number of aryl methyl sites for hydroxylation is 1. The van der Waals surface area contributed by atoms with Crippen molar-refractivity contribution in [1.82, 2.24) is 0 Å². The first-order valence-corrected chi connectivity index (χ1v) is 7.03. The third-order valence-corrected chi connectivity index (χ3v) is 3.25. The number of nitrogens with two attached hydrogens (primary N) is 1. The van der Waals surface area contributed by atoms with Crippen LogP contribution in [0, 0.1) is 13.8 Å². The molecule has 1 rings (SSSR count). The molecule has 0 saturated heterocycles. The van der Waals surface area contributed by atoms with E-state index < -0.39 is 9.84 Å². The van der Waals surface area contributed by atoms with Crippen LogP contribution in [0.25, 0.3) is 0 Å². The summed E-state index contributed by atoms with van der Waals surface area (Å²) in [5.41, 5.74) is 8.22. The molecule has 1 aromatic carbocycles. The van der Waals surface area contributed by atoms with Gasteiger partial charge in [0.1, 0.15) is 12.4 Å². The molecule has 0 radical (unpaired) electrons. The number of ether oxygens (including phenoxy) is 1. The van der Waals surface area contributed by atoms with Gasteiger partial charge >= 0.3 is 0 Å². The Balaban J connectivity index is 2.78. The van der Waals surface area contributed by atoms with Crippen molar-refractivity contribution in [2.24, 2.45) is 0 Å². The average Bonchev–Trinajstić information content (AvgIpc) is 2.16. The van der Waals surface area contributed by atoms with Crippen molar-refractivity contribution >= 4 is 15.5 Å². The largest absolute Gasteiger partial charge is 0.492 e. The summed E-state index contributed by atoms with van der Waals surface area (Å²) < 4.78 is 27.4. The SMILES string of the molecule is Cc1ccc(N)c(C)c1OCCS(C)(=O)=O.